The number of carbonyl (C=O) groups is 1. The van der Waals surface area contributed by atoms with Gasteiger partial charge in [-0.2, -0.15) is 0 Å². The second-order valence-electron chi connectivity index (χ2n) is 10.1. The number of likely N-dealkylation sites (tertiary alicyclic amines) is 1. The van der Waals surface area contributed by atoms with Crippen molar-refractivity contribution in [2.24, 2.45) is 0 Å². The molecular formula is C28H29Cl2FN4O2. The normalized spacial score (nSPS) is 17.6. The van der Waals surface area contributed by atoms with Crippen molar-refractivity contribution in [3.8, 4) is 16.9 Å². The molecule has 2 aromatic carbocycles. The van der Waals surface area contributed by atoms with E-state index in [-0.39, 0.29) is 16.7 Å². The van der Waals surface area contributed by atoms with Gasteiger partial charge in [0.2, 0.25) is 5.91 Å². The molecule has 1 spiro atoms. The van der Waals surface area contributed by atoms with Crippen LogP contribution in [-0.4, -0.2) is 34.9 Å². The van der Waals surface area contributed by atoms with Crippen LogP contribution in [0.3, 0.4) is 0 Å². The van der Waals surface area contributed by atoms with Crippen LogP contribution >= 0.6 is 23.2 Å². The number of nitrogens with zero attached hydrogens (tertiary/aromatic N) is 2. The number of piperidine rings is 1. The number of fused-ring (bicyclic) bond motifs is 2. The van der Waals surface area contributed by atoms with E-state index >= 15 is 0 Å². The molecule has 0 bridgehead atoms. The highest BCUT2D eigenvalue weighted by Crippen LogP contribution is 2.47. The number of nitrogens with two attached hydrogens (primary N) is 1. The standard InChI is InChI=1S/C28H29Cl2FN4O2/c1-15(2)35-10-8-28(9-11-35)19-12-17(4-7-22(19)34-27(28)36)18-13-23(26(32)33-14-18)37-16(3)24-20(29)5-6-21(31)25(24)30/h4-7,12-16H,8-11H2,1-3H3,(H2,32,33)(H,34,36)/t16-/m1/s1. The highest BCUT2D eigenvalue weighted by atomic mass is 35.5. The van der Waals surface area contributed by atoms with Gasteiger partial charge in [-0.1, -0.05) is 29.3 Å². The van der Waals surface area contributed by atoms with Crippen LogP contribution in [0.4, 0.5) is 15.9 Å². The summed E-state index contributed by atoms with van der Waals surface area (Å²) in [6, 6.07) is 10.9. The molecule has 5 rings (SSSR count). The molecule has 6 nitrogen and oxygen atoms in total. The molecule has 3 heterocycles. The minimum absolute atomic E-state index is 0.0696. The Kier molecular flexibility index (Phi) is 6.81. The minimum Gasteiger partial charge on any atom is -0.482 e. The first-order chi connectivity index (χ1) is 17.6. The van der Waals surface area contributed by atoms with E-state index in [1.165, 1.54) is 12.1 Å². The lowest BCUT2D eigenvalue weighted by Gasteiger charge is -2.39. The van der Waals surface area contributed by atoms with Crippen molar-refractivity contribution in [3.05, 3.63) is 69.6 Å². The Bertz CT molecular complexity index is 1370. The summed E-state index contributed by atoms with van der Waals surface area (Å²) >= 11 is 12.4. The second kappa shape index (κ2) is 9.78. The molecule has 3 aromatic rings. The topological polar surface area (TPSA) is 80.5 Å². The minimum atomic E-state index is -0.675. The molecule has 0 aliphatic carbocycles. The fraction of sp³-hybridized carbons (Fsp3) is 0.357. The number of nitrogens with one attached hydrogen (secondary N) is 1. The summed E-state index contributed by atoms with van der Waals surface area (Å²) in [6.45, 7) is 7.84. The number of aromatic nitrogens is 1. The molecule has 0 unspecified atom stereocenters. The molecular weight excluding hydrogens is 514 g/mol. The highest BCUT2D eigenvalue weighted by Gasteiger charge is 2.48. The number of carbonyl (C=O) groups excluding carboxylic acids is 1. The maximum absolute atomic E-state index is 14.1. The molecule has 194 valence electrons. The first kappa shape index (κ1) is 25.8. The van der Waals surface area contributed by atoms with Crippen molar-refractivity contribution in [2.75, 3.05) is 24.1 Å². The van der Waals surface area contributed by atoms with Gasteiger partial charge in [-0.05, 0) is 88.2 Å². The van der Waals surface area contributed by atoms with Crippen LogP contribution in [-0.2, 0) is 10.2 Å². The van der Waals surface area contributed by atoms with Crippen LogP contribution in [0.5, 0.6) is 5.75 Å². The Labute approximate surface area is 225 Å². The average Bonchev–Trinajstić information content (AvgIpc) is 3.13. The van der Waals surface area contributed by atoms with Gasteiger partial charge in [-0.3, -0.25) is 4.79 Å². The largest absolute Gasteiger partial charge is 0.482 e. The van der Waals surface area contributed by atoms with Crippen LogP contribution in [0.25, 0.3) is 11.1 Å². The summed E-state index contributed by atoms with van der Waals surface area (Å²) in [7, 11) is 0. The van der Waals surface area contributed by atoms with Gasteiger partial charge in [0, 0.05) is 34.1 Å². The van der Waals surface area contributed by atoms with Crippen molar-refractivity contribution < 1.29 is 13.9 Å². The molecule has 2 aliphatic heterocycles. The van der Waals surface area contributed by atoms with Gasteiger partial charge in [0.05, 0.1) is 10.4 Å². The van der Waals surface area contributed by atoms with Gasteiger partial charge < -0.3 is 20.7 Å². The van der Waals surface area contributed by atoms with Crippen molar-refractivity contribution in [3.63, 3.8) is 0 Å². The quantitative estimate of drug-likeness (QED) is 0.354. The fourth-order valence-corrected chi connectivity index (χ4v) is 6.06. The van der Waals surface area contributed by atoms with Gasteiger partial charge >= 0.3 is 0 Å². The van der Waals surface area contributed by atoms with Crippen LogP contribution in [0, 0.1) is 5.82 Å². The second-order valence-corrected chi connectivity index (χ2v) is 10.8. The SMILES string of the molecule is CC(C)N1CCC2(CC1)C(=O)Nc1ccc(-c3cnc(N)c(O[C@H](C)c4c(Cl)ccc(F)c4Cl)c3)cc12. The van der Waals surface area contributed by atoms with Crippen LogP contribution in [0.2, 0.25) is 10.0 Å². The molecule has 2 aliphatic rings. The van der Waals surface area contributed by atoms with Crippen LogP contribution < -0.4 is 15.8 Å². The Hall–Kier alpha value is -2.87. The number of pyridine rings is 1. The molecule has 0 saturated carbocycles. The smallest absolute Gasteiger partial charge is 0.235 e. The molecule has 0 radical (unpaired) electrons. The number of amides is 1. The van der Waals surface area contributed by atoms with E-state index in [9.17, 15) is 9.18 Å². The summed E-state index contributed by atoms with van der Waals surface area (Å²) in [6.07, 6.45) is 2.55. The van der Waals surface area contributed by atoms with Crippen LogP contribution in [0.15, 0.2) is 42.6 Å². The maximum atomic E-state index is 14.1. The monoisotopic (exact) mass is 542 g/mol. The number of benzene rings is 2. The number of hydrogen-bond donors (Lipinski definition) is 2. The molecule has 1 fully saturated rings. The molecule has 1 saturated heterocycles. The summed E-state index contributed by atoms with van der Waals surface area (Å²) in [5.41, 5.74) is 9.48. The number of anilines is 2. The lowest BCUT2D eigenvalue weighted by Crippen LogP contribution is -2.48. The van der Waals surface area contributed by atoms with Gasteiger partial charge in [-0.25, -0.2) is 9.37 Å². The molecule has 9 heteroatoms. The van der Waals surface area contributed by atoms with E-state index < -0.39 is 17.3 Å². The number of nitrogen functional groups attached to an aromatic ring is 1. The zero-order valence-electron chi connectivity index (χ0n) is 20.9. The van der Waals surface area contributed by atoms with Gasteiger partial charge in [0.1, 0.15) is 11.9 Å². The Morgan fingerprint density at radius 1 is 1.11 bits per heavy atom. The Morgan fingerprint density at radius 2 is 1.84 bits per heavy atom. The Balaban J connectivity index is 1.46. The fourth-order valence-electron chi connectivity index (χ4n) is 5.38. The first-order valence-corrected chi connectivity index (χ1v) is 13.1. The number of hydrogen-bond acceptors (Lipinski definition) is 5. The molecule has 1 aromatic heterocycles. The maximum Gasteiger partial charge on any atom is 0.235 e. The van der Waals surface area contributed by atoms with E-state index in [1.54, 1.807) is 19.2 Å². The third-order valence-corrected chi connectivity index (χ3v) is 8.32. The van der Waals surface area contributed by atoms with Crippen molar-refractivity contribution in [1.29, 1.82) is 0 Å². The lowest BCUT2D eigenvalue weighted by atomic mass is 9.73. The average molecular weight is 543 g/mol. The number of halogens is 3. The third kappa shape index (κ3) is 4.54. The van der Waals surface area contributed by atoms with Crippen LogP contribution in [0.1, 0.15) is 50.8 Å². The first-order valence-electron chi connectivity index (χ1n) is 12.4. The van der Waals surface area contributed by atoms with E-state index in [1.807, 2.05) is 12.1 Å². The number of ether oxygens (including phenoxy) is 1. The Morgan fingerprint density at radius 3 is 2.54 bits per heavy atom. The van der Waals surface area contributed by atoms with Crippen molar-refractivity contribution in [2.45, 2.75) is 51.2 Å². The third-order valence-electron chi connectivity index (χ3n) is 7.60. The summed E-state index contributed by atoms with van der Waals surface area (Å²) in [5, 5.41) is 3.29. The van der Waals surface area contributed by atoms with Crippen molar-refractivity contribution >= 4 is 40.6 Å². The van der Waals surface area contributed by atoms with E-state index in [2.05, 4.69) is 35.1 Å². The van der Waals surface area contributed by atoms with E-state index in [4.69, 9.17) is 33.7 Å². The summed E-state index contributed by atoms with van der Waals surface area (Å²) in [4.78, 5) is 19.9. The van der Waals surface area contributed by atoms with E-state index in [0.717, 1.165) is 48.3 Å². The van der Waals surface area contributed by atoms with E-state index in [0.29, 0.717) is 22.4 Å². The summed E-state index contributed by atoms with van der Waals surface area (Å²) < 4.78 is 20.1. The highest BCUT2D eigenvalue weighted by molar-refractivity contribution is 6.36. The van der Waals surface area contributed by atoms with Crippen molar-refractivity contribution in [1.82, 2.24) is 9.88 Å². The molecule has 1 atom stereocenters. The summed E-state index contributed by atoms with van der Waals surface area (Å²) in [5.74, 6) is 0.0110. The predicted octanol–water partition coefficient (Wildman–Crippen LogP) is 6.61. The van der Waals surface area contributed by atoms with Gasteiger partial charge in [0.15, 0.2) is 11.6 Å². The van der Waals surface area contributed by atoms with Gasteiger partial charge in [0.25, 0.3) is 0 Å². The molecule has 1 amide bonds. The molecule has 37 heavy (non-hydrogen) atoms. The molecule has 3 N–H and O–H groups in total. The number of rotatable bonds is 5. The zero-order valence-corrected chi connectivity index (χ0v) is 22.5. The van der Waals surface area contributed by atoms with Gasteiger partial charge in [-0.15, -0.1) is 0 Å². The zero-order chi connectivity index (χ0) is 26.5. The lowest BCUT2D eigenvalue weighted by molar-refractivity contribution is -0.122. The predicted molar refractivity (Wildman–Crippen MR) is 146 cm³/mol.